The molecule has 122 valence electrons. The summed E-state index contributed by atoms with van der Waals surface area (Å²) in [5.41, 5.74) is 1.24. The number of rotatable bonds is 4. The van der Waals surface area contributed by atoms with Crippen LogP contribution in [0, 0.1) is 0 Å². The lowest BCUT2D eigenvalue weighted by molar-refractivity contribution is -0.161. The fraction of sp³-hybridized carbons (Fsp3) is 0.375. The molecule has 1 N–H and O–H groups in total. The molecule has 7 heteroatoms. The highest BCUT2D eigenvalue weighted by Gasteiger charge is 2.47. The van der Waals surface area contributed by atoms with Crippen LogP contribution in [-0.4, -0.2) is 38.7 Å². The van der Waals surface area contributed by atoms with E-state index in [1.165, 1.54) is 0 Å². The summed E-state index contributed by atoms with van der Waals surface area (Å²) in [6, 6.07) is 7.77. The van der Waals surface area contributed by atoms with Crippen LogP contribution in [-0.2, 0) is 16.9 Å². The zero-order chi connectivity index (χ0) is 16.4. The molecule has 0 spiro atoms. The molecule has 2 unspecified atom stereocenters. The number of likely N-dealkylation sites (N-methyl/N-ethyl adjacent to an activating group) is 1. The molecule has 0 bridgehead atoms. The minimum Gasteiger partial charge on any atom is -0.411 e. The molecule has 1 aliphatic rings. The first-order chi connectivity index (χ1) is 11.0. The van der Waals surface area contributed by atoms with Gasteiger partial charge in [0, 0.05) is 37.4 Å². The first kappa shape index (κ1) is 16.0. The average molecular weight is 335 g/mol. The number of hydrogen-bond donors (Lipinski definition) is 1. The van der Waals surface area contributed by atoms with E-state index in [-0.39, 0.29) is 6.10 Å². The van der Waals surface area contributed by atoms with Crippen LogP contribution in [0.1, 0.15) is 18.9 Å². The molecular weight excluding hydrogens is 316 g/mol. The van der Waals surface area contributed by atoms with Crippen molar-refractivity contribution in [3.05, 3.63) is 53.6 Å². The van der Waals surface area contributed by atoms with Crippen molar-refractivity contribution in [2.75, 3.05) is 7.05 Å². The van der Waals surface area contributed by atoms with Gasteiger partial charge in [-0.1, -0.05) is 28.9 Å². The zero-order valence-electron chi connectivity index (χ0n) is 13.1. The van der Waals surface area contributed by atoms with Crippen molar-refractivity contribution in [2.45, 2.75) is 31.5 Å². The number of hydroxylamine groups is 2. The van der Waals surface area contributed by atoms with Crippen LogP contribution < -0.4 is 0 Å². The summed E-state index contributed by atoms with van der Waals surface area (Å²) in [5, 5.41) is 14.9. The lowest BCUT2D eigenvalue weighted by atomic mass is 9.84. The lowest BCUT2D eigenvalue weighted by Crippen LogP contribution is -2.41. The van der Waals surface area contributed by atoms with Gasteiger partial charge in [0.25, 0.3) is 0 Å². The Morgan fingerprint density at radius 2 is 2.22 bits per heavy atom. The first-order valence-corrected chi connectivity index (χ1v) is 7.74. The van der Waals surface area contributed by atoms with E-state index in [1.807, 2.05) is 47.1 Å². The maximum absolute atomic E-state index is 9.07. The van der Waals surface area contributed by atoms with E-state index in [1.54, 1.807) is 19.4 Å². The van der Waals surface area contributed by atoms with Crippen LogP contribution in [0.3, 0.4) is 0 Å². The van der Waals surface area contributed by atoms with E-state index >= 15 is 0 Å². The van der Waals surface area contributed by atoms with Crippen LogP contribution in [0.5, 0.6) is 0 Å². The number of nitrogens with zero attached hydrogens (tertiary/aromatic N) is 4. The summed E-state index contributed by atoms with van der Waals surface area (Å²) < 4.78 is 2.02. The maximum atomic E-state index is 9.07. The third-order valence-corrected chi connectivity index (χ3v) is 4.67. The number of halogens is 1. The van der Waals surface area contributed by atoms with Gasteiger partial charge in [0.1, 0.15) is 6.10 Å². The minimum atomic E-state index is -0.401. The van der Waals surface area contributed by atoms with Gasteiger partial charge in [-0.15, -0.1) is 0 Å². The van der Waals surface area contributed by atoms with E-state index in [4.69, 9.17) is 21.6 Å². The number of hydrogen-bond acceptors (Lipinski definition) is 5. The summed E-state index contributed by atoms with van der Waals surface area (Å²) in [6.45, 7) is 2.42. The Labute approximate surface area is 139 Å². The van der Waals surface area contributed by atoms with Crippen LogP contribution in [0.2, 0.25) is 5.02 Å². The second-order valence-corrected chi connectivity index (χ2v) is 6.25. The number of aromatic nitrogens is 2. The summed E-state index contributed by atoms with van der Waals surface area (Å²) in [5.74, 6) is 0. The number of oxime groups is 1. The lowest BCUT2D eigenvalue weighted by Gasteiger charge is -2.34. The Kier molecular flexibility index (Phi) is 4.39. The van der Waals surface area contributed by atoms with Gasteiger partial charge in [-0.05, 0) is 24.6 Å². The van der Waals surface area contributed by atoms with Gasteiger partial charge in [0.05, 0.1) is 17.6 Å². The smallest absolute Gasteiger partial charge is 0.123 e. The molecule has 1 aromatic carbocycles. The van der Waals surface area contributed by atoms with Crippen LogP contribution in [0.15, 0.2) is 48.1 Å². The Hall–Kier alpha value is -1.89. The second-order valence-electron chi connectivity index (χ2n) is 5.81. The molecule has 1 fully saturated rings. The summed E-state index contributed by atoms with van der Waals surface area (Å²) >= 11 is 6.03. The van der Waals surface area contributed by atoms with Crippen molar-refractivity contribution < 1.29 is 10.0 Å². The molecule has 1 aliphatic heterocycles. The van der Waals surface area contributed by atoms with Crippen LogP contribution in [0.4, 0.5) is 0 Å². The van der Waals surface area contributed by atoms with Gasteiger partial charge in [-0.2, -0.15) is 5.06 Å². The molecule has 2 heterocycles. The van der Waals surface area contributed by atoms with Crippen molar-refractivity contribution in [3.8, 4) is 0 Å². The summed E-state index contributed by atoms with van der Waals surface area (Å²) in [4.78, 5) is 10.1. The molecule has 0 saturated carbocycles. The predicted octanol–water partition coefficient (Wildman–Crippen LogP) is 2.92. The highest BCUT2D eigenvalue weighted by Crippen LogP contribution is 2.41. The molecule has 2 atom stereocenters. The van der Waals surface area contributed by atoms with Gasteiger partial charge < -0.3 is 9.77 Å². The molecule has 1 aromatic heterocycles. The van der Waals surface area contributed by atoms with Crippen molar-refractivity contribution >= 4 is 17.3 Å². The Morgan fingerprint density at radius 1 is 1.48 bits per heavy atom. The molecule has 6 nitrogen and oxygen atoms in total. The second kappa shape index (κ2) is 6.31. The predicted molar refractivity (Wildman–Crippen MR) is 87.5 cm³/mol. The summed E-state index contributed by atoms with van der Waals surface area (Å²) in [7, 11) is 1.90. The fourth-order valence-corrected chi connectivity index (χ4v) is 3.18. The maximum Gasteiger partial charge on any atom is 0.123 e. The third-order valence-electron chi connectivity index (χ3n) is 4.42. The number of benzene rings is 1. The van der Waals surface area contributed by atoms with E-state index in [9.17, 15) is 0 Å². The highest BCUT2D eigenvalue weighted by atomic mass is 35.5. The number of imidazole rings is 1. The average Bonchev–Trinajstić information content (AvgIpc) is 3.17. The normalized spacial score (nSPS) is 25.9. The van der Waals surface area contributed by atoms with Crippen LogP contribution in [0.25, 0.3) is 0 Å². The van der Waals surface area contributed by atoms with Crippen LogP contribution >= 0.6 is 11.6 Å². The third kappa shape index (κ3) is 2.97. The summed E-state index contributed by atoms with van der Waals surface area (Å²) in [6.07, 6.45) is 5.85. The zero-order valence-corrected chi connectivity index (χ0v) is 13.8. The van der Waals surface area contributed by atoms with E-state index in [2.05, 4.69) is 10.1 Å². The molecule has 3 rings (SSSR count). The van der Waals surface area contributed by atoms with E-state index < -0.39 is 5.54 Å². The first-order valence-electron chi connectivity index (χ1n) is 7.36. The van der Waals surface area contributed by atoms with Gasteiger partial charge in [0.15, 0.2) is 0 Å². The SMILES string of the molecule is CC(=NO)C1CC(Cn2ccnc2)(c2ccc(Cl)cc2)N(C)O1. The largest absolute Gasteiger partial charge is 0.411 e. The standard InChI is InChI=1S/C16H19ClN4O2/c1-12(19-22)15-9-16(20(2)23-15,10-21-8-7-18-11-21)13-3-5-14(17)6-4-13/h3-8,11,15,22H,9-10H2,1-2H3. The van der Waals surface area contributed by atoms with E-state index in [0.717, 1.165) is 5.56 Å². The Balaban J connectivity index is 2.01. The topological polar surface area (TPSA) is 62.9 Å². The molecule has 1 saturated heterocycles. The quantitative estimate of drug-likeness (QED) is 0.530. The monoisotopic (exact) mass is 334 g/mol. The van der Waals surface area contributed by atoms with Crippen molar-refractivity contribution in [1.82, 2.24) is 14.6 Å². The molecule has 0 aliphatic carbocycles. The molecular formula is C16H19ClN4O2. The van der Waals surface area contributed by atoms with Gasteiger partial charge in [-0.3, -0.25) is 4.84 Å². The Bertz CT molecular complexity index is 687. The molecule has 0 radical (unpaired) electrons. The molecule has 2 aromatic rings. The molecule has 0 amide bonds. The van der Waals surface area contributed by atoms with Gasteiger partial charge in [0.2, 0.25) is 0 Å². The van der Waals surface area contributed by atoms with Gasteiger partial charge in [-0.25, -0.2) is 4.98 Å². The fourth-order valence-electron chi connectivity index (χ4n) is 3.05. The Morgan fingerprint density at radius 3 is 2.83 bits per heavy atom. The molecule has 23 heavy (non-hydrogen) atoms. The van der Waals surface area contributed by atoms with Gasteiger partial charge >= 0.3 is 0 Å². The van der Waals surface area contributed by atoms with Crippen molar-refractivity contribution in [3.63, 3.8) is 0 Å². The van der Waals surface area contributed by atoms with Crippen molar-refractivity contribution in [2.24, 2.45) is 5.16 Å². The van der Waals surface area contributed by atoms with Crippen molar-refractivity contribution in [1.29, 1.82) is 0 Å². The van der Waals surface area contributed by atoms with E-state index in [0.29, 0.717) is 23.7 Å². The highest BCUT2D eigenvalue weighted by molar-refractivity contribution is 6.30. The minimum absolute atomic E-state index is 0.274.